The first-order valence-corrected chi connectivity index (χ1v) is 7.63. The van der Waals surface area contributed by atoms with Gasteiger partial charge in [-0.3, -0.25) is 0 Å². The van der Waals surface area contributed by atoms with E-state index in [0.29, 0.717) is 5.56 Å². The van der Waals surface area contributed by atoms with Gasteiger partial charge in [0.2, 0.25) is 0 Å². The van der Waals surface area contributed by atoms with E-state index in [0.717, 1.165) is 5.56 Å². The molecule has 0 radical (unpaired) electrons. The molecule has 1 aromatic carbocycles. The normalized spacial score (nSPS) is 13.1. The second-order valence-corrected chi connectivity index (χ2v) is 6.16. The van der Waals surface area contributed by atoms with Gasteiger partial charge in [0.25, 0.3) is 10.0 Å². The standard InChI is InChI=1S/C14H16N2O3S/c1-11-5-7-12(8-6-11)13(17)10-16-20(18,19)14-4-2-3-9-15-14/h2-9,13,16-17H,10H2,1H3. The van der Waals surface area contributed by atoms with E-state index in [1.165, 1.54) is 12.3 Å². The Morgan fingerprint density at radius 1 is 1.20 bits per heavy atom. The summed E-state index contributed by atoms with van der Waals surface area (Å²) in [4.78, 5) is 3.78. The van der Waals surface area contributed by atoms with Crippen molar-refractivity contribution in [2.75, 3.05) is 6.54 Å². The van der Waals surface area contributed by atoms with E-state index >= 15 is 0 Å². The smallest absolute Gasteiger partial charge is 0.258 e. The van der Waals surface area contributed by atoms with Gasteiger partial charge in [-0.25, -0.2) is 18.1 Å². The van der Waals surface area contributed by atoms with Crippen molar-refractivity contribution in [3.05, 3.63) is 59.8 Å². The molecule has 106 valence electrons. The van der Waals surface area contributed by atoms with E-state index in [4.69, 9.17) is 0 Å². The molecule has 0 aliphatic heterocycles. The van der Waals surface area contributed by atoms with Crippen molar-refractivity contribution in [2.24, 2.45) is 0 Å². The molecule has 0 saturated carbocycles. The Morgan fingerprint density at radius 3 is 2.50 bits per heavy atom. The fourth-order valence-corrected chi connectivity index (χ4v) is 2.66. The van der Waals surface area contributed by atoms with Gasteiger partial charge in [0.05, 0.1) is 6.10 Å². The molecule has 0 saturated heterocycles. The number of benzene rings is 1. The average Bonchev–Trinajstić information content (AvgIpc) is 2.46. The number of rotatable bonds is 5. The third kappa shape index (κ3) is 3.63. The van der Waals surface area contributed by atoms with Gasteiger partial charge >= 0.3 is 0 Å². The molecule has 1 aromatic heterocycles. The Labute approximate surface area is 118 Å². The lowest BCUT2D eigenvalue weighted by Gasteiger charge is -2.12. The predicted octanol–water partition coefficient (Wildman–Crippen LogP) is 1.40. The van der Waals surface area contributed by atoms with Gasteiger partial charge in [-0.2, -0.15) is 0 Å². The summed E-state index contributed by atoms with van der Waals surface area (Å²) >= 11 is 0. The maximum Gasteiger partial charge on any atom is 0.258 e. The number of hydrogen-bond acceptors (Lipinski definition) is 4. The first kappa shape index (κ1) is 14.6. The van der Waals surface area contributed by atoms with Gasteiger partial charge in [-0.05, 0) is 24.6 Å². The molecule has 0 fully saturated rings. The molecule has 0 bridgehead atoms. The number of sulfonamides is 1. The summed E-state index contributed by atoms with van der Waals surface area (Å²) in [6.45, 7) is 1.85. The van der Waals surface area contributed by atoms with Crippen LogP contribution in [0.15, 0.2) is 53.7 Å². The van der Waals surface area contributed by atoms with Gasteiger partial charge in [0, 0.05) is 12.7 Å². The van der Waals surface area contributed by atoms with Crippen LogP contribution in [-0.2, 0) is 10.0 Å². The van der Waals surface area contributed by atoms with Gasteiger partial charge in [-0.1, -0.05) is 35.9 Å². The summed E-state index contributed by atoms with van der Waals surface area (Å²) in [5.41, 5.74) is 1.74. The molecular weight excluding hydrogens is 276 g/mol. The van der Waals surface area contributed by atoms with Crippen LogP contribution in [0.4, 0.5) is 0 Å². The average molecular weight is 292 g/mol. The fraction of sp³-hybridized carbons (Fsp3) is 0.214. The van der Waals surface area contributed by atoms with Crippen LogP contribution in [0.3, 0.4) is 0 Å². The highest BCUT2D eigenvalue weighted by atomic mass is 32.2. The molecule has 2 aromatic rings. The van der Waals surface area contributed by atoms with Crippen molar-refractivity contribution >= 4 is 10.0 Å². The Balaban J connectivity index is 2.03. The number of nitrogens with zero attached hydrogens (tertiary/aromatic N) is 1. The third-order valence-corrected chi connectivity index (χ3v) is 4.18. The molecule has 2 rings (SSSR count). The molecule has 2 N–H and O–H groups in total. The lowest BCUT2D eigenvalue weighted by Crippen LogP contribution is -2.29. The summed E-state index contributed by atoms with van der Waals surface area (Å²) < 4.78 is 26.2. The first-order chi connectivity index (χ1) is 9.49. The van der Waals surface area contributed by atoms with Crippen molar-refractivity contribution in [3.8, 4) is 0 Å². The fourth-order valence-electron chi connectivity index (χ4n) is 1.68. The van der Waals surface area contributed by atoms with Crippen LogP contribution < -0.4 is 4.72 Å². The number of nitrogens with one attached hydrogen (secondary N) is 1. The van der Waals surface area contributed by atoms with Crippen molar-refractivity contribution < 1.29 is 13.5 Å². The minimum Gasteiger partial charge on any atom is -0.387 e. The van der Waals surface area contributed by atoms with E-state index in [2.05, 4.69) is 9.71 Å². The highest BCUT2D eigenvalue weighted by Gasteiger charge is 2.17. The molecule has 0 amide bonds. The number of aromatic nitrogens is 1. The van der Waals surface area contributed by atoms with Crippen molar-refractivity contribution in [2.45, 2.75) is 18.1 Å². The number of aryl methyl sites for hydroxylation is 1. The highest BCUT2D eigenvalue weighted by molar-refractivity contribution is 7.89. The monoisotopic (exact) mass is 292 g/mol. The second-order valence-electron chi connectivity index (χ2n) is 4.45. The minimum atomic E-state index is -3.69. The summed E-state index contributed by atoms with van der Waals surface area (Å²) in [6, 6.07) is 11.9. The van der Waals surface area contributed by atoms with E-state index in [-0.39, 0.29) is 11.6 Å². The van der Waals surface area contributed by atoms with Crippen LogP contribution in [0, 0.1) is 6.92 Å². The maximum absolute atomic E-state index is 11.9. The van der Waals surface area contributed by atoms with E-state index < -0.39 is 16.1 Å². The molecule has 20 heavy (non-hydrogen) atoms. The molecule has 0 spiro atoms. The summed E-state index contributed by atoms with van der Waals surface area (Å²) in [6.07, 6.45) is 0.513. The third-order valence-electron chi connectivity index (χ3n) is 2.84. The quantitative estimate of drug-likeness (QED) is 0.873. The van der Waals surface area contributed by atoms with Crippen LogP contribution in [-0.4, -0.2) is 25.1 Å². The first-order valence-electron chi connectivity index (χ1n) is 6.14. The van der Waals surface area contributed by atoms with Crippen LogP contribution in [0.25, 0.3) is 0 Å². The van der Waals surface area contributed by atoms with E-state index in [1.54, 1.807) is 24.3 Å². The number of aliphatic hydroxyl groups is 1. The molecule has 1 atom stereocenters. The SMILES string of the molecule is Cc1ccc(C(O)CNS(=O)(=O)c2ccccn2)cc1. The minimum absolute atomic E-state index is 0.0592. The van der Waals surface area contributed by atoms with Gasteiger partial charge in [0.1, 0.15) is 0 Å². The zero-order valence-corrected chi connectivity index (χ0v) is 11.8. The van der Waals surface area contributed by atoms with Crippen molar-refractivity contribution in [3.63, 3.8) is 0 Å². The molecule has 0 aliphatic rings. The van der Waals surface area contributed by atoms with Crippen molar-refractivity contribution in [1.82, 2.24) is 9.71 Å². The van der Waals surface area contributed by atoms with Crippen LogP contribution in [0.5, 0.6) is 0 Å². The molecule has 1 heterocycles. The highest BCUT2D eigenvalue weighted by Crippen LogP contribution is 2.13. The Morgan fingerprint density at radius 2 is 1.90 bits per heavy atom. The lowest BCUT2D eigenvalue weighted by molar-refractivity contribution is 0.182. The zero-order chi connectivity index (χ0) is 14.6. The van der Waals surface area contributed by atoms with E-state index in [9.17, 15) is 13.5 Å². The number of pyridine rings is 1. The summed E-state index contributed by atoms with van der Waals surface area (Å²) in [5.74, 6) is 0. The number of hydrogen-bond donors (Lipinski definition) is 2. The number of aliphatic hydroxyl groups excluding tert-OH is 1. The Kier molecular flexibility index (Phi) is 4.49. The summed E-state index contributed by atoms with van der Waals surface area (Å²) in [7, 11) is -3.69. The molecule has 1 unspecified atom stereocenters. The summed E-state index contributed by atoms with van der Waals surface area (Å²) in [5, 5.41) is 9.92. The van der Waals surface area contributed by atoms with Crippen molar-refractivity contribution in [1.29, 1.82) is 0 Å². The van der Waals surface area contributed by atoms with E-state index in [1.807, 2.05) is 19.1 Å². The second kappa shape index (κ2) is 6.13. The molecular formula is C14H16N2O3S. The Hall–Kier alpha value is -1.76. The van der Waals surface area contributed by atoms with Crippen LogP contribution in [0.2, 0.25) is 0 Å². The lowest BCUT2D eigenvalue weighted by atomic mass is 10.1. The Bertz CT molecular complexity index is 655. The zero-order valence-electron chi connectivity index (χ0n) is 11.0. The maximum atomic E-state index is 11.9. The molecule has 6 heteroatoms. The van der Waals surface area contributed by atoms with Gasteiger partial charge in [0.15, 0.2) is 5.03 Å². The topological polar surface area (TPSA) is 79.3 Å². The molecule has 0 aliphatic carbocycles. The predicted molar refractivity (Wildman–Crippen MR) is 75.6 cm³/mol. The largest absolute Gasteiger partial charge is 0.387 e. The van der Waals surface area contributed by atoms with Crippen LogP contribution in [0.1, 0.15) is 17.2 Å². The van der Waals surface area contributed by atoms with Gasteiger partial charge in [-0.15, -0.1) is 0 Å². The molecule has 5 nitrogen and oxygen atoms in total. The van der Waals surface area contributed by atoms with Gasteiger partial charge < -0.3 is 5.11 Å². The van der Waals surface area contributed by atoms with Crippen LogP contribution >= 0.6 is 0 Å².